The normalized spacial score (nSPS) is 14.1. The fraction of sp³-hybridized carbons (Fsp3) is 0.462. The molecule has 0 saturated carbocycles. The lowest BCUT2D eigenvalue weighted by Gasteiger charge is -2.13. The second-order valence-corrected chi connectivity index (χ2v) is 5.69. The van der Waals surface area contributed by atoms with Crippen LogP contribution >= 0.6 is 0 Å². The van der Waals surface area contributed by atoms with Gasteiger partial charge in [-0.25, -0.2) is 0 Å². The van der Waals surface area contributed by atoms with E-state index in [4.69, 9.17) is 0 Å². The fourth-order valence-corrected chi connectivity index (χ4v) is 2.23. The predicted molar refractivity (Wildman–Crippen MR) is 73.2 cm³/mol. The number of carbonyl (C=O) groups is 1. The number of carboxylic acids is 1. The second kappa shape index (κ2) is 8.00. The van der Waals surface area contributed by atoms with Crippen molar-refractivity contribution < 1.29 is 14.1 Å². The van der Waals surface area contributed by atoms with Gasteiger partial charge in [0.2, 0.25) is 0 Å². The molecule has 0 radical (unpaired) electrons. The lowest BCUT2D eigenvalue weighted by molar-refractivity contribution is -0.138. The Balaban J connectivity index is 2.41. The van der Waals surface area contributed by atoms with Crippen LogP contribution in [0.1, 0.15) is 17.9 Å². The van der Waals surface area contributed by atoms with E-state index >= 15 is 0 Å². The van der Waals surface area contributed by atoms with Crippen molar-refractivity contribution in [3.63, 3.8) is 0 Å². The maximum Gasteiger partial charge on any atom is 0.312 e. The molecule has 0 amide bonds. The molecule has 5 heteroatoms. The summed E-state index contributed by atoms with van der Waals surface area (Å²) in [7, 11) is -0.781. The van der Waals surface area contributed by atoms with Gasteiger partial charge in [-0.05, 0) is 18.5 Å². The number of hydrogen-bond donors (Lipinski definition) is 2. The molecule has 2 unspecified atom stereocenters. The SMILES string of the molecule is CS(=O)CCCNCC(C(=O)O)c1ccccc1. The Morgan fingerprint density at radius 3 is 2.61 bits per heavy atom. The van der Waals surface area contributed by atoms with Crippen molar-refractivity contribution >= 4 is 16.8 Å². The van der Waals surface area contributed by atoms with E-state index in [0.717, 1.165) is 12.0 Å². The van der Waals surface area contributed by atoms with Gasteiger partial charge in [0.15, 0.2) is 0 Å². The number of nitrogens with one attached hydrogen (secondary N) is 1. The zero-order valence-corrected chi connectivity index (χ0v) is 11.3. The average Bonchev–Trinajstić information content (AvgIpc) is 2.34. The molecule has 0 aliphatic carbocycles. The first-order chi connectivity index (χ1) is 8.61. The van der Waals surface area contributed by atoms with E-state index < -0.39 is 22.7 Å². The summed E-state index contributed by atoms with van der Waals surface area (Å²) < 4.78 is 10.9. The van der Waals surface area contributed by atoms with Gasteiger partial charge in [-0.1, -0.05) is 30.3 Å². The van der Waals surface area contributed by atoms with E-state index in [0.29, 0.717) is 18.8 Å². The van der Waals surface area contributed by atoms with Crippen LogP contribution in [0.25, 0.3) is 0 Å². The maximum absolute atomic E-state index is 11.2. The Bertz CT molecular complexity index is 394. The molecule has 1 aromatic carbocycles. The molecule has 0 heterocycles. The van der Waals surface area contributed by atoms with Crippen LogP contribution in [-0.2, 0) is 15.6 Å². The highest BCUT2D eigenvalue weighted by atomic mass is 32.2. The van der Waals surface area contributed by atoms with Crippen molar-refractivity contribution in [2.75, 3.05) is 25.1 Å². The molecule has 0 aliphatic heterocycles. The van der Waals surface area contributed by atoms with E-state index in [-0.39, 0.29) is 0 Å². The highest BCUT2D eigenvalue weighted by molar-refractivity contribution is 7.84. The zero-order chi connectivity index (χ0) is 13.4. The van der Waals surface area contributed by atoms with Gasteiger partial charge in [0.05, 0.1) is 5.92 Å². The summed E-state index contributed by atoms with van der Waals surface area (Å²) in [4.78, 5) is 11.2. The van der Waals surface area contributed by atoms with Gasteiger partial charge in [-0.2, -0.15) is 0 Å². The Morgan fingerprint density at radius 2 is 2.06 bits per heavy atom. The summed E-state index contributed by atoms with van der Waals surface area (Å²) in [5.41, 5.74) is 0.802. The van der Waals surface area contributed by atoms with Crippen molar-refractivity contribution in [3.8, 4) is 0 Å². The van der Waals surface area contributed by atoms with Crippen LogP contribution < -0.4 is 5.32 Å². The number of rotatable bonds is 8. The maximum atomic E-state index is 11.2. The number of benzene rings is 1. The van der Waals surface area contributed by atoms with Gasteiger partial charge in [0.1, 0.15) is 0 Å². The standard InChI is InChI=1S/C13H19NO3S/c1-18(17)9-5-8-14-10-12(13(15)16)11-6-3-2-4-7-11/h2-4,6-7,12,14H,5,8-10H2,1H3,(H,15,16). The highest BCUT2D eigenvalue weighted by Crippen LogP contribution is 2.14. The minimum absolute atomic E-state index is 0.399. The minimum atomic E-state index is -0.826. The average molecular weight is 269 g/mol. The van der Waals surface area contributed by atoms with E-state index in [1.165, 1.54) is 0 Å². The molecule has 0 aliphatic rings. The van der Waals surface area contributed by atoms with Crippen LogP contribution in [0.5, 0.6) is 0 Å². The molecular formula is C13H19NO3S. The first-order valence-electron chi connectivity index (χ1n) is 5.89. The van der Waals surface area contributed by atoms with E-state index in [2.05, 4.69) is 5.32 Å². The Hall–Kier alpha value is -1.20. The largest absolute Gasteiger partial charge is 0.481 e. The van der Waals surface area contributed by atoms with Crippen molar-refractivity contribution in [1.82, 2.24) is 5.32 Å². The van der Waals surface area contributed by atoms with Crippen LogP contribution in [0.3, 0.4) is 0 Å². The highest BCUT2D eigenvalue weighted by Gasteiger charge is 2.18. The van der Waals surface area contributed by atoms with Crippen molar-refractivity contribution in [2.24, 2.45) is 0 Å². The van der Waals surface area contributed by atoms with Crippen LogP contribution in [0, 0.1) is 0 Å². The molecule has 0 aromatic heterocycles. The summed E-state index contributed by atoms with van der Waals surface area (Å²) in [5.74, 6) is -0.707. The molecule has 4 nitrogen and oxygen atoms in total. The van der Waals surface area contributed by atoms with Crippen molar-refractivity contribution in [2.45, 2.75) is 12.3 Å². The third-order valence-electron chi connectivity index (χ3n) is 2.63. The molecule has 2 N–H and O–H groups in total. The third kappa shape index (κ3) is 5.42. The van der Waals surface area contributed by atoms with Gasteiger partial charge in [0, 0.05) is 29.4 Å². The van der Waals surface area contributed by atoms with Crippen LogP contribution in [0.4, 0.5) is 0 Å². The Labute approximate surface area is 110 Å². The summed E-state index contributed by atoms with van der Waals surface area (Å²) in [6, 6.07) is 9.19. The van der Waals surface area contributed by atoms with Crippen LogP contribution in [0.15, 0.2) is 30.3 Å². The van der Waals surface area contributed by atoms with Crippen LogP contribution in [0.2, 0.25) is 0 Å². The number of carboxylic acid groups (broad SMARTS) is 1. The van der Waals surface area contributed by atoms with Gasteiger partial charge in [-0.3, -0.25) is 9.00 Å². The summed E-state index contributed by atoms with van der Waals surface area (Å²) in [5, 5.41) is 12.3. The van der Waals surface area contributed by atoms with Gasteiger partial charge >= 0.3 is 5.97 Å². The molecule has 0 spiro atoms. The number of hydrogen-bond acceptors (Lipinski definition) is 3. The predicted octanol–water partition coefficient (Wildman–Crippen LogP) is 1.21. The van der Waals surface area contributed by atoms with Gasteiger partial charge < -0.3 is 10.4 Å². The molecule has 18 heavy (non-hydrogen) atoms. The lowest BCUT2D eigenvalue weighted by Crippen LogP contribution is -2.28. The Kier molecular flexibility index (Phi) is 6.60. The Morgan fingerprint density at radius 1 is 1.39 bits per heavy atom. The molecule has 0 saturated heterocycles. The molecule has 1 aromatic rings. The van der Waals surface area contributed by atoms with Crippen LogP contribution in [-0.4, -0.2) is 40.4 Å². The van der Waals surface area contributed by atoms with E-state index in [1.54, 1.807) is 6.26 Å². The van der Waals surface area contributed by atoms with Gasteiger partial charge in [-0.15, -0.1) is 0 Å². The monoisotopic (exact) mass is 269 g/mol. The summed E-state index contributed by atoms with van der Waals surface area (Å²) in [6.45, 7) is 1.09. The quantitative estimate of drug-likeness (QED) is 0.696. The van der Waals surface area contributed by atoms with Crippen molar-refractivity contribution in [3.05, 3.63) is 35.9 Å². The lowest BCUT2D eigenvalue weighted by atomic mass is 9.99. The smallest absolute Gasteiger partial charge is 0.312 e. The van der Waals surface area contributed by atoms with Gasteiger partial charge in [0.25, 0.3) is 0 Å². The third-order valence-corrected chi connectivity index (χ3v) is 3.50. The molecule has 100 valence electrons. The fourth-order valence-electron chi connectivity index (χ4n) is 1.68. The number of aliphatic carboxylic acids is 1. The first kappa shape index (κ1) is 14.9. The topological polar surface area (TPSA) is 66.4 Å². The van der Waals surface area contributed by atoms with E-state index in [9.17, 15) is 14.1 Å². The first-order valence-corrected chi connectivity index (χ1v) is 7.62. The molecular weight excluding hydrogens is 250 g/mol. The summed E-state index contributed by atoms with van der Waals surface area (Å²) >= 11 is 0. The second-order valence-electron chi connectivity index (χ2n) is 4.14. The van der Waals surface area contributed by atoms with E-state index in [1.807, 2.05) is 30.3 Å². The summed E-state index contributed by atoms with van der Waals surface area (Å²) in [6.07, 6.45) is 2.47. The molecule has 2 atom stereocenters. The van der Waals surface area contributed by atoms with Crippen molar-refractivity contribution in [1.29, 1.82) is 0 Å². The molecule has 0 fully saturated rings. The molecule has 0 bridgehead atoms. The molecule has 1 rings (SSSR count). The minimum Gasteiger partial charge on any atom is -0.481 e. The zero-order valence-electron chi connectivity index (χ0n) is 10.5.